The lowest BCUT2D eigenvalue weighted by atomic mass is 9.79. The highest BCUT2D eigenvalue weighted by atomic mass is 35.5. The number of benzene rings is 3. The van der Waals surface area contributed by atoms with Crippen molar-refractivity contribution in [2.75, 3.05) is 23.9 Å². The average molecular weight is 549 g/mol. The number of hydrogen-bond acceptors (Lipinski definition) is 4. The molecule has 39 heavy (non-hydrogen) atoms. The number of carbonyl (C=O) groups is 3. The first-order valence-corrected chi connectivity index (χ1v) is 12.9. The van der Waals surface area contributed by atoms with Gasteiger partial charge < -0.3 is 20.1 Å². The molecule has 0 bridgehead atoms. The fourth-order valence-electron chi connectivity index (χ4n) is 5.42. The predicted octanol–water partition coefficient (Wildman–Crippen LogP) is 6.12. The van der Waals surface area contributed by atoms with Crippen LogP contribution in [0.5, 0.6) is 5.75 Å². The summed E-state index contributed by atoms with van der Waals surface area (Å²) in [6.07, 6.45) is 4.37. The molecule has 0 aromatic heterocycles. The van der Waals surface area contributed by atoms with Crippen molar-refractivity contribution in [3.8, 4) is 5.75 Å². The number of carbonyl (C=O) groups excluding carboxylic acids is 2. The first-order valence-electron chi connectivity index (χ1n) is 12.5. The van der Waals surface area contributed by atoms with Crippen molar-refractivity contribution >= 4 is 40.8 Å². The summed E-state index contributed by atoms with van der Waals surface area (Å²) in [4.78, 5) is 39.9. The minimum atomic E-state index is -0.895. The van der Waals surface area contributed by atoms with Gasteiger partial charge >= 0.3 is 5.97 Å². The number of ether oxygens (including phenoxy) is 1. The highest BCUT2D eigenvalue weighted by molar-refractivity contribution is 6.34. The van der Waals surface area contributed by atoms with Crippen molar-refractivity contribution in [3.05, 3.63) is 99.8 Å². The van der Waals surface area contributed by atoms with Gasteiger partial charge in [-0.25, -0.2) is 9.18 Å². The van der Waals surface area contributed by atoms with E-state index in [-0.39, 0.29) is 27.7 Å². The largest absolute Gasteiger partial charge is 0.496 e. The molecule has 1 spiro atoms. The van der Waals surface area contributed by atoms with E-state index in [1.54, 1.807) is 17.0 Å². The number of nitrogens with zero attached hydrogens (tertiary/aromatic N) is 1. The molecule has 0 radical (unpaired) electrons. The first-order chi connectivity index (χ1) is 18.7. The number of aliphatic carboxylic acids is 1. The number of carboxylic acid groups (broad SMARTS) is 1. The standard InChI is InChI=1S/C30H26ClFN2O5/c1-39-26-15-21(33-27(35)23-14-20(32)6-9-24(23)31)7-8-22(26)28(36)34-13-12-30(11-10-19(17-30)29(37)38)16-18-4-2-3-5-25(18)34/h2-9,14-15,17H,10-13,16H2,1H3,(H,33,35)(H,37,38)/t30-/m0/s1. The van der Waals surface area contributed by atoms with E-state index in [9.17, 15) is 23.9 Å². The molecule has 2 aliphatic rings. The van der Waals surface area contributed by atoms with Gasteiger partial charge in [-0.15, -0.1) is 0 Å². The van der Waals surface area contributed by atoms with Crippen LogP contribution >= 0.6 is 11.6 Å². The second kappa shape index (κ2) is 10.5. The van der Waals surface area contributed by atoms with Gasteiger partial charge in [-0.3, -0.25) is 9.59 Å². The molecule has 7 nitrogen and oxygen atoms in total. The quantitative estimate of drug-likeness (QED) is 0.400. The van der Waals surface area contributed by atoms with Gasteiger partial charge in [-0.2, -0.15) is 0 Å². The van der Waals surface area contributed by atoms with Crippen molar-refractivity contribution in [1.29, 1.82) is 0 Å². The van der Waals surface area contributed by atoms with E-state index in [1.165, 1.54) is 25.3 Å². The molecule has 0 fully saturated rings. The fraction of sp³-hybridized carbons (Fsp3) is 0.233. The molecule has 9 heteroatoms. The number of halogens is 2. The van der Waals surface area contributed by atoms with E-state index in [1.807, 2.05) is 30.3 Å². The number of nitrogens with one attached hydrogen (secondary N) is 1. The normalized spacial score (nSPS) is 18.2. The van der Waals surface area contributed by atoms with Gasteiger partial charge in [0, 0.05) is 29.6 Å². The Balaban J connectivity index is 1.43. The Bertz CT molecular complexity index is 1520. The van der Waals surface area contributed by atoms with Crippen LogP contribution in [0.4, 0.5) is 15.8 Å². The van der Waals surface area contributed by atoms with Gasteiger partial charge in [0.05, 0.1) is 23.3 Å². The number of anilines is 2. The molecule has 2 amide bonds. The molecular formula is C30H26ClFN2O5. The number of hydrogen-bond donors (Lipinski definition) is 2. The molecule has 2 N–H and O–H groups in total. The molecular weight excluding hydrogens is 523 g/mol. The third-order valence-electron chi connectivity index (χ3n) is 7.41. The zero-order chi connectivity index (χ0) is 27.7. The van der Waals surface area contributed by atoms with Gasteiger partial charge in [-0.05, 0) is 73.1 Å². The molecule has 200 valence electrons. The molecule has 0 saturated heterocycles. The van der Waals surface area contributed by atoms with Crippen LogP contribution in [-0.4, -0.2) is 36.5 Å². The van der Waals surface area contributed by atoms with E-state index in [0.717, 1.165) is 23.7 Å². The van der Waals surface area contributed by atoms with Crippen LogP contribution < -0.4 is 15.0 Å². The third-order valence-corrected chi connectivity index (χ3v) is 7.74. The molecule has 1 aliphatic carbocycles. The summed E-state index contributed by atoms with van der Waals surface area (Å²) in [5.41, 5.74) is 2.48. The summed E-state index contributed by atoms with van der Waals surface area (Å²) in [6.45, 7) is 0.402. The second-order valence-electron chi connectivity index (χ2n) is 9.84. The Morgan fingerprint density at radius 3 is 2.59 bits per heavy atom. The number of fused-ring (bicyclic) bond motifs is 1. The Labute approximate surface area is 229 Å². The van der Waals surface area contributed by atoms with Gasteiger partial charge in [0.1, 0.15) is 11.6 Å². The van der Waals surface area contributed by atoms with E-state index in [4.69, 9.17) is 16.3 Å². The average Bonchev–Trinajstić information content (AvgIpc) is 3.27. The van der Waals surface area contributed by atoms with Crippen molar-refractivity contribution in [1.82, 2.24) is 0 Å². The Hall–Kier alpha value is -4.17. The van der Waals surface area contributed by atoms with Crippen LogP contribution in [0.1, 0.15) is 45.5 Å². The van der Waals surface area contributed by atoms with Crippen LogP contribution in [0.25, 0.3) is 0 Å². The molecule has 1 heterocycles. The zero-order valence-electron chi connectivity index (χ0n) is 21.2. The van der Waals surface area contributed by atoms with Crippen molar-refractivity contribution < 1.29 is 28.6 Å². The number of para-hydroxylation sites is 1. The lowest BCUT2D eigenvalue weighted by molar-refractivity contribution is -0.132. The van der Waals surface area contributed by atoms with Crippen LogP contribution in [0.3, 0.4) is 0 Å². The van der Waals surface area contributed by atoms with Crippen molar-refractivity contribution in [3.63, 3.8) is 0 Å². The van der Waals surface area contributed by atoms with Gasteiger partial charge in [0.15, 0.2) is 0 Å². The summed E-state index contributed by atoms with van der Waals surface area (Å²) in [7, 11) is 1.43. The maximum absolute atomic E-state index is 13.9. The third kappa shape index (κ3) is 5.25. The molecule has 3 aromatic carbocycles. The Morgan fingerprint density at radius 1 is 1.05 bits per heavy atom. The van der Waals surface area contributed by atoms with Crippen molar-refractivity contribution in [2.45, 2.75) is 25.7 Å². The maximum atomic E-state index is 13.9. The highest BCUT2D eigenvalue weighted by Crippen LogP contribution is 2.46. The number of carboxylic acids is 1. The predicted molar refractivity (Wildman–Crippen MR) is 146 cm³/mol. The van der Waals surface area contributed by atoms with Crippen LogP contribution in [-0.2, 0) is 11.2 Å². The lowest BCUT2D eigenvalue weighted by Crippen LogP contribution is -2.33. The monoisotopic (exact) mass is 548 g/mol. The molecule has 5 rings (SSSR count). The first kappa shape index (κ1) is 26.4. The minimum absolute atomic E-state index is 0.0158. The summed E-state index contributed by atoms with van der Waals surface area (Å²) < 4.78 is 19.2. The SMILES string of the molecule is COc1cc(NC(=O)c2cc(F)ccc2Cl)ccc1C(=O)N1CC[C@]2(C=C(C(=O)O)CC2)Cc2ccccc21. The van der Waals surface area contributed by atoms with Crippen molar-refractivity contribution in [2.24, 2.45) is 5.41 Å². The number of methoxy groups -OCH3 is 1. The van der Waals surface area contributed by atoms with Crippen LogP contribution in [0, 0.1) is 11.2 Å². The van der Waals surface area contributed by atoms with E-state index in [2.05, 4.69) is 5.32 Å². The van der Waals surface area contributed by atoms with E-state index < -0.39 is 17.7 Å². The second-order valence-corrected chi connectivity index (χ2v) is 10.2. The summed E-state index contributed by atoms with van der Waals surface area (Å²) in [5.74, 6) is -2.10. The summed E-state index contributed by atoms with van der Waals surface area (Å²) in [6, 6.07) is 15.9. The number of amides is 2. The van der Waals surface area contributed by atoms with E-state index >= 15 is 0 Å². The molecule has 3 aromatic rings. The Kier molecular flexibility index (Phi) is 7.14. The Morgan fingerprint density at radius 2 is 1.85 bits per heavy atom. The van der Waals surface area contributed by atoms with Crippen LogP contribution in [0.2, 0.25) is 5.02 Å². The summed E-state index contributed by atoms with van der Waals surface area (Å²) >= 11 is 6.06. The smallest absolute Gasteiger partial charge is 0.331 e. The lowest BCUT2D eigenvalue weighted by Gasteiger charge is -2.26. The highest BCUT2D eigenvalue weighted by Gasteiger charge is 2.39. The van der Waals surface area contributed by atoms with E-state index in [0.29, 0.717) is 42.6 Å². The summed E-state index contributed by atoms with van der Waals surface area (Å²) in [5, 5.41) is 12.3. The van der Waals surface area contributed by atoms with Crippen LogP contribution in [0.15, 0.2) is 72.3 Å². The van der Waals surface area contributed by atoms with Gasteiger partial charge in [0.2, 0.25) is 0 Å². The maximum Gasteiger partial charge on any atom is 0.331 e. The molecule has 1 atom stereocenters. The number of allylic oxidation sites excluding steroid dienone is 1. The molecule has 0 saturated carbocycles. The van der Waals surface area contributed by atoms with Gasteiger partial charge in [-0.1, -0.05) is 35.9 Å². The fourth-order valence-corrected chi connectivity index (χ4v) is 5.62. The number of rotatable bonds is 5. The minimum Gasteiger partial charge on any atom is -0.496 e. The topological polar surface area (TPSA) is 95.9 Å². The van der Waals surface area contributed by atoms with Gasteiger partial charge in [0.25, 0.3) is 11.8 Å². The zero-order valence-corrected chi connectivity index (χ0v) is 21.9. The molecule has 1 aliphatic heterocycles. The molecule has 0 unspecified atom stereocenters.